The lowest BCUT2D eigenvalue weighted by Gasteiger charge is -2.31. The van der Waals surface area contributed by atoms with Gasteiger partial charge in [0.15, 0.2) is 0 Å². The van der Waals surface area contributed by atoms with E-state index in [1.807, 2.05) is 6.07 Å². The number of amides is 1. The van der Waals surface area contributed by atoms with E-state index in [9.17, 15) is 17.6 Å². The number of sulfonamides is 1. The Labute approximate surface area is 205 Å². The topological polar surface area (TPSA) is 66.5 Å². The minimum atomic E-state index is -3.96. The second kappa shape index (κ2) is 9.93. The van der Waals surface area contributed by atoms with Crippen LogP contribution in [-0.4, -0.2) is 33.2 Å². The van der Waals surface area contributed by atoms with E-state index in [-0.39, 0.29) is 10.6 Å². The van der Waals surface area contributed by atoms with E-state index in [0.29, 0.717) is 39.2 Å². The van der Waals surface area contributed by atoms with Crippen molar-refractivity contribution in [2.75, 3.05) is 23.1 Å². The van der Waals surface area contributed by atoms with Crippen molar-refractivity contribution in [2.24, 2.45) is 0 Å². The molecule has 0 unspecified atom stereocenters. The van der Waals surface area contributed by atoms with E-state index in [1.54, 1.807) is 42.1 Å². The Bertz CT molecular complexity index is 1320. The monoisotopic (exact) mass is 524 g/mol. The van der Waals surface area contributed by atoms with Crippen LogP contribution in [0.2, 0.25) is 10.0 Å². The van der Waals surface area contributed by atoms with Gasteiger partial charge in [-0.15, -0.1) is 0 Å². The molecule has 1 heterocycles. The van der Waals surface area contributed by atoms with Gasteiger partial charge < -0.3 is 5.32 Å². The maximum absolute atomic E-state index is 13.9. The third kappa shape index (κ3) is 5.14. The Balaban J connectivity index is 1.40. The Morgan fingerprint density at radius 1 is 1.00 bits per heavy atom. The summed E-state index contributed by atoms with van der Waals surface area (Å²) in [4.78, 5) is 12.6. The van der Waals surface area contributed by atoms with Crippen LogP contribution in [0, 0.1) is 5.82 Å². The normalized spacial score (nSPS) is 13.8. The lowest BCUT2D eigenvalue weighted by Crippen LogP contribution is -2.43. The molecule has 3 aromatic carbocycles. The summed E-state index contributed by atoms with van der Waals surface area (Å²) in [5.41, 5.74) is 2.15. The van der Waals surface area contributed by atoms with E-state index in [2.05, 4.69) is 5.32 Å². The first kappa shape index (κ1) is 23.9. The summed E-state index contributed by atoms with van der Waals surface area (Å²) in [5, 5.41) is 3.74. The molecule has 1 aliphatic heterocycles. The van der Waals surface area contributed by atoms with Crippen LogP contribution < -0.4 is 9.62 Å². The maximum Gasteiger partial charge on any atom is 0.265 e. The average molecular weight is 525 g/mol. The van der Waals surface area contributed by atoms with E-state index < -0.39 is 28.3 Å². The second-order valence-corrected chi connectivity index (χ2v) is 11.1. The van der Waals surface area contributed by atoms with Crippen LogP contribution in [0.4, 0.5) is 10.1 Å². The van der Waals surface area contributed by atoms with Gasteiger partial charge in [0.2, 0.25) is 5.91 Å². The average Bonchev–Trinajstić information content (AvgIpc) is 2.79. The molecule has 0 saturated carbocycles. The summed E-state index contributed by atoms with van der Waals surface area (Å²) in [5.74, 6) is 0.404. The molecule has 0 saturated heterocycles. The zero-order valence-corrected chi connectivity index (χ0v) is 20.4. The molecule has 0 spiro atoms. The fraction of sp³-hybridized carbons (Fsp3) is 0.174. The molecule has 0 fully saturated rings. The standard InChI is InChI=1S/C23H19Cl2FN2O3S2/c24-19-7-5-15(11-20(19)25)14-32-10-9-27-23(29)13-28-21-8-6-16(26)12-18(21)17-3-1-2-4-22(17)33(28,30)31/h1-8,11-12H,9-10,13-14H2,(H,27,29). The first-order chi connectivity index (χ1) is 15.8. The van der Waals surface area contributed by atoms with Crippen LogP contribution in [0.15, 0.2) is 65.6 Å². The van der Waals surface area contributed by atoms with Crippen molar-refractivity contribution in [3.63, 3.8) is 0 Å². The van der Waals surface area contributed by atoms with E-state index in [4.69, 9.17) is 23.2 Å². The van der Waals surface area contributed by atoms with Gasteiger partial charge in [-0.2, -0.15) is 11.8 Å². The Kier molecular flexibility index (Phi) is 7.19. The number of hydrogen-bond donors (Lipinski definition) is 1. The molecule has 0 radical (unpaired) electrons. The first-order valence-corrected chi connectivity index (χ1v) is 13.3. The number of hydrogen-bond acceptors (Lipinski definition) is 4. The van der Waals surface area contributed by atoms with Gasteiger partial charge in [-0.1, -0.05) is 47.5 Å². The van der Waals surface area contributed by atoms with E-state index in [1.165, 1.54) is 24.3 Å². The van der Waals surface area contributed by atoms with Gasteiger partial charge >= 0.3 is 0 Å². The largest absolute Gasteiger partial charge is 0.354 e. The number of thioether (sulfide) groups is 1. The maximum atomic E-state index is 13.9. The molecule has 172 valence electrons. The van der Waals surface area contributed by atoms with Crippen molar-refractivity contribution < 1.29 is 17.6 Å². The number of rotatable bonds is 7. The summed E-state index contributed by atoms with van der Waals surface area (Å²) < 4.78 is 41.3. The van der Waals surface area contributed by atoms with Gasteiger partial charge in [0.05, 0.1) is 20.6 Å². The summed E-state index contributed by atoms with van der Waals surface area (Å²) in [7, 11) is -3.96. The summed E-state index contributed by atoms with van der Waals surface area (Å²) in [6.45, 7) is -0.0294. The van der Waals surface area contributed by atoms with Crippen molar-refractivity contribution >= 4 is 56.6 Å². The molecule has 1 amide bonds. The number of fused-ring (bicyclic) bond motifs is 3. The smallest absolute Gasteiger partial charge is 0.265 e. The van der Waals surface area contributed by atoms with Gasteiger partial charge in [0.1, 0.15) is 12.4 Å². The number of nitrogens with one attached hydrogen (secondary N) is 1. The predicted molar refractivity (Wildman–Crippen MR) is 132 cm³/mol. The zero-order valence-electron chi connectivity index (χ0n) is 17.2. The molecule has 5 nitrogen and oxygen atoms in total. The minimum absolute atomic E-state index is 0.0491. The van der Waals surface area contributed by atoms with Crippen molar-refractivity contribution in [3.05, 3.63) is 82.1 Å². The predicted octanol–water partition coefficient (Wildman–Crippen LogP) is 5.36. The highest BCUT2D eigenvalue weighted by Crippen LogP contribution is 2.42. The van der Waals surface area contributed by atoms with E-state index >= 15 is 0 Å². The van der Waals surface area contributed by atoms with Gasteiger partial charge in [0, 0.05) is 29.2 Å². The molecule has 4 rings (SSSR count). The quantitative estimate of drug-likeness (QED) is 0.422. The summed E-state index contributed by atoms with van der Waals surface area (Å²) >= 11 is 13.5. The van der Waals surface area contributed by atoms with Crippen LogP contribution in [0.3, 0.4) is 0 Å². The highest BCUT2D eigenvalue weighted by Gasteiger charge is 2.35. The SMILES string of the molecule is O=C(CN1c2ccc(F)cc2-c2ccccc2S1(=O)=O)NCCSCc1ccc(Cl)c(Cl)c1. The lowest BCUT2D eigenvalue weighted by molar-refractivity contribution is -0.119. The lowest BCUT2D eigenvalue weighted by atomic mass is 10.0. The van der Waals surface area contributed by atoms with Crippen molar-refractivity contribution in [1.29, 1.82) is 0 Å². The molecule has 10 heteroatoms. The van der Waals surface area contributed by atoms with Crippen molar-refractivity contribution in [3.8, 4) is 11.1 Å². The number of benzene rings is 3. The molecule has 0 atom stereocenters. The van der Waals surface area contributed by atoms with Crippen LogP contribution >= 0.6 is 35.0 Å². The van der Waals surface area contributed by atoms with Crippen LogP contribution in [-0.2, 0) is 20.6 Å². The Morgan fingerprint density at radius 2 is 1.79 bits per heavy atom. The third-order valence-electron chi connectivity index (χ3n) is 5.08. The molecular weight excluding hydrogens is 506 g/mol. The minimum Gasteiger partial charge on any atom is -0.354 e. The van der Waals surface area contributed by atoms with Gasteiger partial charge in [-0.3, -0.25) is 9.10 Å². The molecule has 1 N–H and O–H groups in total. The number of nitrogens with zero attached hydrogens (tertiary/aromatic N) is 1. The van der Waals surface area contributed by atoms with Crippen LogP contribution in [0.1, 0.15) is 5.56 Å². The van der Waals surface area contributed by atoms with Gasteiger partial charge in [-0.25, -0.2) is 12.8 Å². The number of anilines is 1. The van der Waals surface area contributed by atoms with Gasteiger partial charge in [-0.05, 0) is 42.0 Å². The Hall–Kier alpha value is -2.26. The number of halogens is 3. The highest BCUT2D eigenvalue weighted by molar-refractivity contribution is 7.98. The molecule has 0 aliphatic carbocycles. The van der Waals surface area contributed by atoms with Crippen molar-refractivity contribution in [1.82, 2.24) is 5.32 Å². The molecule has 0 aromatic heterocycles. The van der Waals surface area contributed by atoms with Crippen LogP contribution in [0.25, 0.3) is 11.1 Å². The van der Waals surface area contributed by atoms with Gasteiger partial charge in [0.25, 0.3) is 10.0 Å². The zero-order chi connectivity index (χ0) is 23.6. The number of carbonyl (C=O) groups is 1. The molecule has 33 heavy (non-hydrogen) atoms. The highest BCUT2D eigenvalue weighted by atomic mass is 35.5. The van der Waals surface area contributed by atoms with E-state index in [0.717, 1.165) is 9.87 Å². The molecule has 3 aromatic rings. The molecule has 1 aliphatic rings. The first-order valence-electron chi connectivity index (χ1n) is 9.97. The molecular formula is C23H19Cl2FN2O3S2. The number of carbonyl (C=O) groups excluding carboxylic acids is 1. The third-order valence-corrected chi connectivity index (χ3v) is 8.67. The second-order valence-electron chi connectivity index (χ2n) is 7.32. The molecule has 0 bridgehead atoms. The fourth-order valence-electron chi connectivity index (χ4n) is 3.54. The summed E-state index contributed by atoms with van der Waals surface area (Å²) in [6, 6.07) is 15.7. The Morgan fingerprint density at radius 3 is 2.58 bits per heavy atom. The van der Waals surface area contributed by atoms with Crippen molar-refractivity contribution in [2.45, 2.75) is 10.6 Å². The summed E-state index contributed by atoms with van der Waals surface area (Å²) in [6.07, 6.45) is 0. The fourth-order valence-corrected chi connectivity index (χ4v) is 6.32. The van der Waals surface area contributed by atoms with Crippen LogP contribution in [0.5, 0.6) is 0 Å².